The Balaban J connectivity index is 2.09. The van der Waals surface area contributed by atoms with E-state index in [2.05, 4.69) is 10.6 Å². The van der Waals surface area contributed by atoms with E-state index in [0.717, 1.165) is 25.0 Å². The zero-order valence-electron chi connectivity index (χ0n) is 10.2. The molecule has 1 saturated heterocycles. The molecule has 1 aromatic rings. The molecule has 1 fully saturated rings. The topological polar surface area (TPSA) is 58.2 Å². The van der Waals surface area contributed by atoms with Gasteiger partial charge in [0.15, 0.2) is 0 Å². The van der Waals surface area contributed by atoms with Gasteiger partial charge in [-0.1, -0.05) is 0 Å². The van der Waals surface area contributed by atoms with Crippen LogP contribution < -0.4 is 10.6 Å². The Kier molecular flexibility index (Phi) is 4.09. The zero-order chi connectivity index (χ0) is 13.8. The van der Waals surface area contributed by atoms with Gasteiger partial charge in [0, 0.05) is 12.6 Å². The van der Waals surface area contributed by atoms with E-state index in [1.165, 1.54) is 0 Å². The predicted octanol–water partition coefficient (Wildman–Crippen LogP) is 1.36. The summed E-state index contributed by atoms with van der Waals surface area (Å²) < 4.78 is 26.2. The van der Waals surface area contributed by atoms with Crippen LogP contribution in [-0.2, 0) is 4.79 Å². The van der Waals surface area contributed by atoms with E-state index in [0.29, 0.717) is 19.0 Å². The van der Waals surface area contributed by atoms with Crippen LogP contribution in [0.25, 0.3) is 0 Å². The number of hydrogen-bond donors (Lipinski definition) is 2. The van der Waals surface area contributed by atoms with Gasteiger partial charge in [0.2, 0.25) is 5.91 Å². The summed E-state index contributed by atoms with van der Waals surface area (Å²) in [4.78, 5) is 23.5. The monoisotopic (exact) mass is 268 g/mol. The summed E-state index contributed by atoms with van der Waals surface area (Å²) >= 11 is 0. The van der Waals surface area contributed by atoms with Gasteiger partial charge in [-0.25, -0.2) is 8.78 Å². The summed E-state index contributed by atoms with van der Waals surface area (Å²) in [6, 6.07) is 2.04. The Morgan fingerprint density at radius 2 is 2.11 bits per heavy atom. The fourth-order valence-electron chi connectivity index (χ4n) is 1.99. The lowest BCUT2D eigenvalue weighted by atomic mass is 10.1. The third-order valence-corrected chi connectivity index (χ3v) is 3.02. The van der Waals surface area contributed by atoms with Crippen molar-refractivity contribution < 1.29 is 18.4 Å². The molecule has 19 heavy (non-hydrogen) atoms. The first-order chi connectivity index (χ1) is 9.08. The average molecular weight is 268 g/mol. The van der Waals surface area contributed by atoms with E-state index < -0.39 is 23.6 Å². The van der Waals surface area contributed by atoms with Crippen LogP contribution in [0, 0.1) is 11.6 Å². The highest BCUT2D eigenvalue weighted by molar-refractivity contribution is 5.97. The van der Waals surface area contributed by atoms with Crippen molar-refractivity contribution in [3.8, 4) is 0 Å². The lowest BCUT2D eigenvalue weighted by Gasteiger charge is -2.15. The molecule has 0 saturated carbocycles. The molecule has 0 radical (unpaired) electrons. The van der Waals surface area contributed by atoms with Crippen molar-refractivity contribution in [1.29, 1.82) is 0 Å². The van der Waals surface area contributed by atoms with Gasteiger partial charge in [-0.05, 0) is 31.4 Å². The summed E-state index contributed by atoms with van der Waals surface area (Å²) in [6.45, 7) is 0.579. The number of carbonyl (C=O) groups excluding carboxylic acids is 2. The van der Waals surface area contributed by atoms with Gasteiger partial charge in [-0.15, -0.1) is 0 Å². The molecular formula is C13H14F2N2O2. The fourth-order valence-corrected chi connectivity index (χ4v) is 1.99. The number of benzene rings is 1. The SMILES string of the molecule is O=C(N[C@H]1CCCCNC1=O)c1ccc(F)cc1F. The van der Waals surface area contributed by atoms with E-state index >= 15 is 0 Å². The van der Waals surface area contributed by atoms with Crippen LogP contribution in [0.3, 0.4) is 0 Å². The quantitative estimate of drug-likeness (QED) is 0.851. The smallest absolute Gasteiger partial charge is 0.254 e. The summed E-state index contributed by atoms with van der Waals surface area (Å²) in [5.41, 5.74) is -0.265. The lowest BCUT2D eigenvalue weighted by Crippen LogP contribution is -2.45. The Bertz CT molecular complexity index is 505. The van der Waals surface area contributed by atoms with Gasteiger partial charge in [0.1, 0.15) is 17.7 Å². The van der Waals surface area contributed by atoms with E-state index in [4.69, 9.17) is 0 Å². The molecular weight excluding hydrogens is 254 g/mol. The fraction of sp³-hybridized carbons (Fsp3) is 0.385. The highest BCUT2D eigenvalue weighted by Crippen LogP contribution is 2.11. The van der Waals surface area contributed by atoms with Crippen LogP contribution in [0.5, 0.6) is 0 Å². The van der Waals surface area contributed by atoms with Crippen LogP contribution >= 0.6 is 0 Å². The summed E-state index contributed by atoms with van der Waals surface area (Å²) in [5.74, 6) is -2.67. The standard InChI is InChI=1S/C13H14F2N2O2/c14-8-4-5-9(10(15)7-8)12(18)17-11-3-1-2-6-16-13(11)19/h4-5,7,11H,1-3,6H2,(H,16,19)(H,17,18)/t11-/m0/s1. The second-order valence-electron chi connectivity index (χ2n) is 4.44. The van der Waals surface area contributed by atoms with Crippen molar-refractivity contribution in [2.45, 2.75) is 25.3 Å². The largest absolute Gasteiger partial charge is 0.354 e. The van der Waals surface area contributed by atoms with Gasteiger partial charge in [0.25, 0.3) is 5.91 Å². The van der Waals surface area contributed by atoms with Gasteiger partial charge in [0.05, 0.1) is 5.56 Å². The second kappa shape index (κ2) is 5.77. The zero-order valence-corrected chi connectivity index (χ0v) is 10.2. The summed E-state index contributed by atoms with van der Waals surface area (Å²) in [6.07, 6.45) is 2.17. The molecule has 0 aliphatic carbocycles. The first kappa shape index (κ1) is 13.5. The third-order valence-electron chi connectivity index (χ3n) is 3.02. The first-order valence-electron chi connectivity index (χ1n) is 6.11. The number of hydrogen-bond acceptors (Lipinski definition) is 2. The van der Waals surface area contributed by atoms with E-state index in [1.54, 1.807) is 0 Å². The maximum absolute atomic E-state index is 13.4. The van der Waals surface area contributed by atoms with Crippen LogP contribution in [0.4, 0.5) is 8.78 Å². The van der Waals surface area contributed by atoms with Crippen molar-refractivity contribution in [1.82, 2.24) is 10.6 Å². The minimum Gasteiger partial charge on any atom is -0.354 e. The molecule has 0 aromatic heterocycles. The molecule has 1 aliphatic heterocycles. The summed E-state index contributed by atoms with van der Waals surface area (Å²) in [5, 5.41) is 5.14. The van der Waals surface area contributed by atoms with Crippen molar-refractivity contribution in [3.05, 3.63) is 35.4 Å². The lowest BCUT2D eigenvalue weighted by molar-refractivity contribution is -0.122. The van der Waals surface area contributed by atoms with E-state index in [-0.39, 0.29) is 11.5 Å². The molecule has 0 spiro atoms. The second-order valence-corrected chi connectivity index (χ2v) is 4.44. The molecule has 2 amide bonds. The predicted molar refractivity (Wildman–Crippen MR) is 64.5 cm³/mol. The number of amides is 2. The maximum atomic E-state index is 13.4. The molecule has 0 unspecified atom stereocenters. The Morgan fingerprint density at radius 3 is 2.84 bits per heavy atom. The first-order valence-corrected chi connectivity index (χ1v) is 6.11. The average Bonchev–Trinajstić information content (AvgIpc) is 2.55. The highest BCUT2D eigenvalue weighted by Gasteiger charge is 2.24. The Morgan fingerprint density at radius 1 is 1.32 bits per heavy atom. The van der Waals surface area contributed by atoms with E-state index in [9.17, 15) is 18.4 Å². The number of carbonyl (C=O) groups is 2. The van der Waals surface area contributed by atoms with Gasteiger partial charge < -0.3 is 10.6 Å². The molecule has 2 N–H and O–H groups in total. The van der Waals surface area contributed by atoms with Crippen LogP contribution in [0.1, 0.15) is 29.6 Å². The summed E-state index contributed by atoms with van der Waals surface area (Å²) in [7, 11) is 0. The molecule has 1 atom stereocenters. The molecule has 6 heteroatoms. The van der Waals surface area contributed by atoms with Gasteiger partial charge in [-0.2, -0.15) is 0 Å². The van der Waals surface area contributed by atoms with Crippen LogP contribution in [0.2, 0.25) is 0 Å². The normalized spacial score (nSPS) is 19.5. The van der Waals surface area contributed by atoms with Crippen LogP contribution in [0.15, 0.2) is 18.2 Å². The van der Waals surface area contributed by atoms with Gasteiger partial charge in [-0.3, -0.25) is 9.59 Å². The maximum Gasteiger partial charge on any atom is 0.254 e. The van der Waals surface area contributed by atoms with Crippen LogP contribution in [-0.4, -0.2) is 24.4 Å². The molecule has 1 heterocycles. The Hall–Kier alpha value is -1.98. The number of nitrogens with one attached hydrogen (secondary N) is 2. The van der Waals surface area contributed by atoms with Crippen molar-refractivity contribution in [3.63, 3.8) is 0 Å². The van der Waals surface area contributed by atoms with Crippen molar-refractivity contribution >= 4 is 11.8 Å². The molecule has 4 nitrogen and oxygen atoms in total. The number of halogens is 2. The van der Waals surface area contributed by atoms with E-state index in [1.807, 2.05) is 0 Å². The molecule has 1 aromatic carbocycles. The molecule has 102 valence electrons. The minimum absolute atomic E-state index is 0.265. The molecule has 2 rings (SSSR count). The third kappa shape index (κ3) is 3.27. The van der Waals surface area contributed by atoms with Gasteiger partial charge >= 0.3 is 0 Å². The number of rotatable bonds is 2. The highest BCUT2D eigenvalue weighted by atomic mass is 19.1. The Labute approximate surface area is 109 Å². The van der Waals surface area contributed by atoms with Crippen molar-refractivity contribution in [2.75, 3.05) is 6.54 Å². The minimum atomic E-state index is -0.938. The molecule has 0 bridgehead atoms. The van der Waals surface area contributed by atoms with Crippen molar-refractivity contribution in [2.24, 2.45) is 0 Å². The molecule has 1 aliphatic rings.